The van der Waals surface area contributed by atoms with Crippen LogP contribution in [0.1, 0.15) is 33.2 Å². The molecule has 2 aromatic heterocycles. The molecule has 0 aliphatic carbocycles. The van der Waals surface area contributed by atoms with E-state index in [-0.39, 0.29) is 34.8 Å². The number of carbonyl (C=O) groups is 1. The van der Waals surface area contributed by atoms with E-state index < -0.39 is 29.5 Å². The highest BCUT2D eigenvalue weighted by Gasteiger charge is 2.36. The largest absolute Gasteiger partial charge is 0.491 e. The van der Waals surface area contributed by atoms with Gasteiger partial charge in [0.15, 0.2) is 5.58 Å². The van der Waals surface area contributed by atoms with Gasteiger partial charge in [-0.15, -0.1) is 0 Å². The minimum atomic E-state index is -4.52. The van der Waals surface area contributed by atoms with Crippen molar-refractivity contribution in [2.75, 3.05) is 19.4 Å². The highest BCUT2D eigenvalue weighted by atomic mass is 19.4. The molecule has 4 aromatic rings. The SMILES string of the molecule is Cc1noc2c1c(N)nc1cc(F)c(C(=O)N(C)[C@@H]3COc4cc(C(F)(F)F)ccc43)cc12. The first-order valence-electron chi connectivity index (χ1n) is 9.82. The number of nitrogens with two attached hydrogens (primary N) is 1. The molecule has 170 valence electrons. The molecule has 0 bridgehead atoms. The lowest BCUT2D eigenvalue weighted by molar-refractivity contribution is -0.137. The number of anilines is 1. The minimum absolute atomic E-state index is 0.0342. The molecule has 33 heavy (non-hydrogen) atoms. The molecule has 2 N–H and O–H groups in total. The number of pyridine rings is 1. The average molecular weight is 460 g/mol. The van der Waals surface area contributed by atoms with Crippen molar-refractivity contribution >= 4 is 33.6 Å². The molecule has 1 aliphatic heterocycles. The number of amides is 1. The number of alkyl halides is 3. The number of nitrogens with zero attached hydrogens (tertiary/aromatic N) is 3. The number of aryl methyl sites for hydroxylation is 1. The van der Waals surface area contributed by atoms with Crippen LogP contribution in [-0.4, -0.2) is 34.6 Å². The maximum absolute atomic E-state index is 14.9. The van der Waals surface area contributed by atoms with Gasteiger partial charge in [-0.3, -0.25) is 4.79 Å². The molecule has 5 rings (SSSR count). The number of hydrogen-bond donors (Lipinski definition) is 1. The molecule has 11 heteroatoms. The Morgan fingerprint density at radius 2 is 2.00 bits per heavy atom. The summed E-state index contributed by atoms with van der Waals surface area (Å²) >= 11 is 0. The van der Waals surface area contributed by atoms with Crippen molar-refractivity contribution in [3.05, 3.63) is 58.5 Å². The van der Waals surface area contributed by atoms with Gasteiger partial charge in [0.1, 0.15) is 24.0 Å². The van der Waals surface area contributed by atoms with Crippen molar-refractivity contribution in [1.82, 2.24) is 15.0 Å². The Kier molecular flexibility index (Phi) is 4.49. The summed E-state index contributed by atoms with van der Waals surface area (Å²) in [5, 5.41) is 4.70. The van der Waals surface area contributed by atoms with Crippen molar-refractivity contribution in [2.45, 2.75) is 19.1 Å². The second-order valence-corrected chi connectivity index (χ2v) is 7.81. The fourth-order valence-electron chi connectivity index (χ4n) is 4.06. The third-order valence-electron chi connectivity index (χ3n) is 5.80. The lowest BCUT2D eigenvalue weighted by Crippen LogP contribution is -2.32. The quantitative estimate of drug-likeness (QED) is 0.439. The number of benzene rings is 2. The summed E-state index contributed by atoms with van der Waals surface area (Å²) in [6, 6.07) is 4.79. The Morgan fingerprint density at radius 1 is 1.24 bits per heavy atom. The lowest BCUT2D eigenvalue weighted by Gasteiger charge is -2.24. The van der Waals surface area contributed by atoms with Gasteiger partial charge in [0, 0.05) is 24.1 Å². The highest BCUT2D eigenvalue weighted by Crippen LogP contribution is 2.41. The number of aromatic nitrogens is 2. The molecule has 7 nitrogen and oxygen atoms in total. The molecule has 3 heterocycles. The first-order valence-corrected chi connectivity index (χ1v) is 9.82. The van der Waals surface area contributed by atoms with Gasteiger partial charge in [-0.05, 0) is 25.1 Å². The Bertz CT molecular complexity index is 1450. The van der Waals surface area contributed by atoms with Crippen molar-refractivity contribution in [3.63, 3.8) is 0 Å². The van der Waals surface area contributed by atoms with Crippen LogP contribution in [0.3, 0.4) is 0 Å². The van der Waals surface area contributed by atoms with Crippen molar-refractivity contribution < 1.29 is 31.6 Å². The average Bonchev–Trinajstić information content (AvgIpc) is 3.35. The number of hydrogen-bond acceptors (Lipinski definition) is 6. The normalized spacial score (nSPS) is 15.6. The Balaban J connectivity index is 1.54. The molecule has 0 radical (unpaired) electrons. The van der Waals surface area contributed by atoms with E-state index in [2.05, 4.69) is 10.1 Å². The first kappa shape index (κ1) is 21.0. The Labute approximate surface area is 183 Å². The van der Waals surface area contributed by atoms with Crippen LogP contribution >= 0.6 is 0 Å². The zero-order valence-electron chi connectivity index (χ0n) is 17.3. The third kappa shape index (κ3) is 3.22. The van der Waals surface area contributed by atoms with Gasteiger partial charge in [0.25, 0.3) is 5.91 Å². The molecule has 1 amide bonds. The second kappa shape index (κ2) is 7.06. The molecule has 0 spiro atoms. The number of rotatable bonds is 2. The van der Waals surface area contributed by atoms with Gasteiger partial charge < -0.3 is 19.9 Å². The summed E-state index contributed by atoms with van der Waals surface area (Å²) in [4.78, 5) is 18.6. The van der Waals surface area contributed by atoms with Gasteiger partial charge >= 0.3 is 6.18 Å². The Hall–Kier alpha value is -3.89. The van der Waals surface area contributed by atoms with Crippen LogP contribution in [0.2, 0.25) is 0 Å². The van der Waals surface area contributed by atoms with Crippen molar-refractivity contribution in [2.24, 2.45) is 0 Å². The number of nitrogen functional groups attached to an aromatic ring is 1. The van der Waals surface area contributed by atoms with Crippen LogP contribution < -0.4 is 10.5 Å². The predicted molar refractivity (Wildman–Crippen MR) is 110 cm³/mol. The van der Waals surface area contributed by atoms with E-state index in [1.807, 2.05) is 0 Å². The standard InChI is InChI=1S/C22H16F4N4O3/c1-9-18-19(33-29-9)13-6-12(14(23)7-15(13)28-20(18)27)21(31)30(2)16-8-32-17-5-10(22(24,25)26)3-4-11(16)17/h3-7,16H,8H2,1-2H3,(H2,27,28)/t16-/m1/s1. The maximum Gasteiger partial charge on any atom is 0.416 e. The topological polar surface area (TPSA) is 94.5 Å². The second-order valence-electron chi connectivity index (χ2n) is 7.81. The summed E-state index contributed by atoms with van der Waals surface area (Å²) in [6.45, 7) is 1.62. The monoisotopic (exact) mass is 460 g/mol. The van der Waals surface area contributed by atoms with Crippen LogP contribution in [0.4, 0.5) is 23.4 Å². The summed E-state index contributed by atoms with van der Waals surface area (Å²) in [5.74, 6) is -1.35. The van der Waals surface area contributed by atoms with E-state index in [9.17, 15) is 22.4 Å². The number of fused-ring (bicyclic) bond motifs is 4. The molecule has 1 aliphatic rings. The molecule has 0 unspecified atom stereocenters. The molecule has 0 saturated carbocycles. The molecular weight excluding hydrogens is 444 g/mol. The molecule has 0 fully saturated rings. The summed E-state index contributed by atoms with van der Waals surface area (Å²) in [5.41, 5.74) is 6.21. The first-order chi connectivity index (χ1) is 15.6. The lowest BCUT2D eigenvalue weighted by atomic mass is 10.0. The minimum Gasteiger partial charge on any atom is -0.491 e. The fourth-order valence-corrected chi connectivity index (χ4v) is 4.06. The highest BCUT2D eigenvalue weighted by molar-refractivity contribution is 6.09. The van der Waals surface area contributed by atoms with E-state index in [4.69, 9.17) is 15.0 Å². The maximum atomic E-state index is 14.9. The number of carbonyl (C=O) groups excluding carboxylic acids is 1. The van der Waals surface area contributed by atoms with Crippen molar-refractivity contribution in [1.29, 1.82) is 0 Å². The summed E-state index contributed by atoms with van der Waals surface area (Å²) < 4.78 is 64.6. The van der Waals surface area contributed by atoms with Crippen LogP contribution in [0.15, 0.2) is 34.9 Å². The summed E-state index contributed by atoms with van der Waals surface area (Å²) in [6.07, 6.45) is -4.52. The van der Waals surface area contributed by atoms with Gasteiger partial charge in [-0.25, -0.2) is 9.37 Å². The Morgan fingerprint density at radius 3 is 2.73 bits per heavy atom. The predicted octanol–water partition coefficient (Wildman–Crippen LogP) is 4.63. The van der Waals surface area contributed by atoms with E-state index in [1.54, 1.807) is 6.92 Å². The van der Waals surface area contributed by atoms with Crippen LogP contribution in [0.5, 0.6) is 5.75 Å². The number of likely N-dealkylation sites (N-methyl/N-ethyl adjacent to an activating group) is 1. The van der Waals surface area contributed by atoms with Gasteiger partial charge in [0.2, 0.25) is 0 Å². The van der Waals surface area contributed by atoms with E-state index in [0.717, 1.165) is 18.2 Å². The zero-order valence-corrected chi connectivity index (χ0v) is 17.3. The van der Waals surface area contributed by atoms with E-state index >= 15 is 0 Å². The third-order valence-corrected chi connectivity index (χ3v) is 5.80. The van der Waals surface area contributed by atoms with Gasteiger partial charge in [0.05, 0.1) is 33.8 Å². The number of ether oxygens (including phenoxy) is 1. The molecular formula is C22H16F4N4O3. The van der Waals surface area contributed by atoms with Gasteiger partial charge in [-0.1, -0.05) is 11.2 Å². The molecule has 2 aromatic carbocycles. The van der Waals surface area contributed by atoms with Crippen molar-refractivity contribution in [3.8, 4) is 5.75 Å². The summed E-state index contributed by atoms with van der Waals surface area (Å²) in [7, 11) is 1.43. The molecule has 0 saturated heterocycles. The fraction of sp³-hybridized carbons (Fsp3) is 0.227. The number of halogens is 4. The van der Waals surface area contributed by atoms with Crippen LogP contribution in [-0.2, 0) is 6.18 Å². The van der Waals surface area contributed by atoms with Crippen LogP contribution in [0, 0.1) is 12.7 Å². The zero-order chi connectivity index (χ0) is 23.7. The van der Waals surface area contributed by atoms with E-state index in [1.165, 1.54) is 24.1 Å². The smallest absolute Gasteiger partial charge is 0.416 e. The van der Waals surface area contributed by atoms with Crippen LogP contribution in [0.25, 0.3) is 21.9 Å². The molecule has 1 atom stereocenters. The van der Waals surface area contributed by atoms with Gasteiger partial charge in [-0.2, -0.15) is 13.2 Å². The van der Waals surface area contributed by atoms with E-state index in [0.29, 0.717) is 22.0 Å².